The first-order chi connectivity index (χ1) is 29.1. The molecule has 0 fully saturated rings. The van der Waals surface area contributed by atoms with Crippen molar-refractivity contribution < 1.29 is 15.4 Å². The third-order valence-corrected chi connectivity index (χ3v) is 10.6. The minimum absolute atomic E-state index is 0.131. The number of fused-ring (bicyclic) bond motifs is 8. The van der Waals surface area contributed by atoms with Crippen molar-refractivity contribution >= 4 is 75.8 Å². The molecule has 0 amide bonds. The first kappa shape index (κ1) is 22.2. The summed E-state index contributed by atoms with van der Waals surface area (Å²) in [6.07, 6.45) is 0.131. The van der Waals surface area contributed by atoms with Crippen molar-refractivity contribution in [1.82, 2.24) is 0 Å². The van der Waals surface area contributed by atoms with Crippen molar-refractivity contribution in [3.05, 3.63) is 193 Å². The van der Waals surface area contributed by atoms with E-state index in [0.717, 1.165) is 59.8 Å². The molecule has 0 unspecified atom stereocenters. The van der Waals surface area contributed by atoms with Gasteiger partial charge in [0.1, 0.15) is 11.2 Å². The Kier molecular flexibility index (Phi) is 4.87. The highest BCUT2D eigenvalue weighted by Gasteiger charge is 2.19. The predicted molar refractivity (Wildman–Crippen MR) is 221 cm³/mol. The maximum Gasteiger partial charge on any atom is 0.136 e. The quantitative estimate of drug-likeness (QED) is 0.170. The molecule has 1 nitrogen and oxygen atoms in total. The van der Waals surface area contributed by atoms with Gasteiger partial charge in [-0.1, -0.05) is 158 Å². The number of benzene rings is 10. The van der Waals surface area contributed by atoms with Crippen molar-refractivity contribution in [2.24, 2.45) is 0 Å². The number of hydrogen-bond acceptors (Lipinski definition) is 1. The maximum absolute atomic E-state index is 9.47. The van der Waals surface area contributed by atoms with Crippen LogP contribution in [0, 0.1) is 0 Å². The summed E-state index contributed by atoms with van der Waals surface area (Å²) in [6.45, 7) is 0. The van der Waals surface area contributed by atoms with Gasteiger partial charge in [-0.15, -0.1) is 0 Å². The molecular weight excluding hydrogens is 629 g/mol. The van der Waals surface area contributed by atoms with Gasteiger partial charge in [0, 0.05) is 10.8 Å². The molecule has 1 aromatic heterocycles. The van der Waals surface area contributed by atoms with Crippen LogP contribution in [0.3, 0.4) is 0 Å². The highest BCUT2D eigenvalue weighted by atomic mass is 16.3. The Hall–Kier alpha value is -6.70. The fourth-order valence-electron chi connectivity index (χ4n) is 8.19. The van der Waals surface area contributed by atoms with Crippen molar-refractivity contribution in [2.75, 3.05) is 0 Å². The van der Waals surface area contributed by atoms with Gasteiger partial charge in [-0.3, -0.25) is 0 Å². The summed E-state index contributed by atoms with van der Waals surface area (Å²) in [5.74, 6) is 0. The number of hydrogen-bond donors (Lipinski definition) is 0. The monoisotopic (exact) mass is 668 g/mol. The van der Waals surface area contributed by atoms with Crippen LogP contribution in [0.25, 0.3) is 98.1 Å². The third kappa shape index (κ3) is 4.43. The molecule has 0 bridgehead atoms. The van der Waals surface area contributed by atoms with Gasteiger partial charge < -0.3 is 4.42 Å². The van der Waals surface area contributed by atoms with Crippen molar-refractivity contribution in [3.63, 3.8) is 0 Å². The third-order valence-electron chi connectivity index (χ3n) is 10.6. The first-order valence-electron chi connectivity index (χ1n) is 21.4. The molecule has 0 radical (unpaired) electrons. The lowest BCUT2D eigenvalue weighted by Crippen LogP contribution is -1.97. The van der Waals surface area contributed by atoms with E-state index in [0.29, 0.717) is 27.9 Å². The van der Waals surface area contributed by atoms with E-state index >= 15 is 0 Å². The lowest BCUT2D eigenvalue weighted by molar-refractivity contribution is 0.669. The molecule has 0 saturated carbocycles. The van der Waals surface area contributed by atoms with Gasteiger partial charge in [-0.05, 0) is 118 Å². The zero-order valence-corrected chi connectivity index (χ0v) is 27.8. The molecule has 0 aliphatic carbocycles. The van der Waals surface area contributed by atoms with Crippen molar-refractivity contribution in [3.8, 4) is 22.3 Å². The first-order valence-corrected chi connectivity index (χ1v) is 17.4. The van der Waals surface area contributed by atoms with E-state index in [4.69, 9.17) is 9.90 Å². The van der Waals surface area contributed by atoms with E-state index in [9.17, 15) is 5.48 Å². The van der Waals surface area contributed by atoms with E-state index in [1.54, 1.807) is 6.07 Å². The maximum atomic E-state index is 9.47. The summed E-state index contributed by atoms with van der Waals surface area (Å²) in [5, 5.41) is 8.69. The van der Waals surface area contributed by atoms with Crippen LogP contribution >= 0.6 is 0 Å². The lowest BCUT2D eigenvalue weighted by atomic mass is 9.84. The van der Waals surface area contributed by atoms with Gasteiger partial charge in [-0.2, -0.15) is 0 Å². The number of furan rings is 1. The van der Waals surface area contributed by atoms with E-state index < -0.39 is 24.2 Å². The van der Waals surface area contributed by atoms with Crippen LogP contribution in [-0.4, -0.2) is 0 Å². The molecule has 1 heteroatoms. The summed E-state index contributed by atoms with van der Waals surface area (Å²) in [6, 6.07) is 41.5. The highest BCUT2D eigenvalue weighted by Crippen LogP contribution is 2.43. The average Bonchev–Trinajstić information content (AvgIpc) is 3.63. The Balaban J connectivity index is 1.24. The van der Waals surface area contributed by atoms with E-state index in [-0.39, 0.29) is 52.1 Å². The van der Waals surface area contributed by atoms with Crippen molar-refractivity contribution in [2.45, 2.75) is 6.42 Å². The summed E-state index contributed by atoms with van der Waals surface area (Å²) in [7, 11) is 0. The fourth-order valence-corrected chi connectivity index (χ4v) is 8.19. The van der Waals surface area contributed by atoms with Crippen molar-refractivity contribution in [1.29, 1.82) is 0 Å². The number of rotatable bonds is 4. The van der Waals surface area contributed by atoms with Crippen LogP contribution in [-0.2, 0) is 6.42 Å². The van der Waals surface area contributed by atoms with Gasteiger partial charge in [0.2, 0.25) is 0 Å². The topological polar surface area (TPSA) is 13.1 Å². The lowest BCUT2D eigenvalue weighted by Gasteiger charge is -2.19. The standard InChI is InChI=1S/C51H32O/c1-2-14-34-31-50-48(28-33(34)13-1)47-30-36(25-27-49(47)52-50)51-44-21-9-7-19-41(44)46(42-20-8-10-22-45(42)51)29-35-24-26-43(39-18-6-5-17-38(35)39)40-23-11-15-32-12-3-4-16-37(32)40/h1-28,30-31H,29H2/i7D,8D,9D,10D,19D,20D,21D,22D. The molecule has 0 aliphatic heterocycles. The molecule has 242 valence electrons. The fraction of sp³-hybridized carbons (Fsp3) is 0.0196. The van der Waals surface area contributed by atoms with Crippen LogP contribution in [0.1, 0.15) is 22.1 Å². The van der Waals surface area contributed by atoms with E-state index in [1.165, 1.54) is 0 Å². The van der Waals surface area contributed by atoms with Gasteiger partial charge in [0.15, 0.2) is 0 Å². The van der Waals surface area contributed by atoms with Crippen LogP contribution in [0.4, 0.5) is 0 Å². The Morgan fingerprint density at radius 3 is 1.77 bits per heavy atom. The normalized spacial score (nSPS) is 14.1. The molecule has 1 heterocycles. The highest BCUT2D eigenvalue weighted by molar-refractivity contribution is 6.18. The SMILES string of the molecule is [2H]c1c([2H])c([2H])c2c(-c3ccc4oc5cc6ccccc6cc5c4c3)c3c([2H])c([2H])c([2H])c([2H])c3c(Cc3ccc(-c4cccc5ccccc45)c4ccccc34)c2c1[2H]. The molecule has 0 N–H and O–H groups in total. The predicted octanol–water partition coefficient (Wildman–Crippen LogP) is 14.3. The molecule has 0 saturated heterocycles. The van der Waals surface area contributed by atoms with Gasteiger partial charge >= 0.3 is 0 Å². The summed E-state index contributed by atoms with van der Waals surface area (Å²) < 4.78 is 79.8. The molecule has 0 atom stereocenters. The van der Waals surface area contributed by atoms with E-state index in [1.807, 2.05) is 78.9 Å². The summed E-state index contributed by atoms with van der Waals surface area (Å²) in [5.41, 5.74) is 5.54. The minimum Gasteiger partial charge on any atom is -0.456 e. The Morgan fingerprint density at radius 2 is 1.00 bits per heavy atom. The molecule has 11 rings (SSSR count). The molecule has 10 aromatic carbocycles. The Morgan fingerprint density at radius 1 is 0.404 bits per heavy atom. The molecule has 11 aromatic rings. The zero-order chi connectivity index (χ0) is 41.1. The molecule has 52 heavy (non-hydrogen) atoms. The van der Waals surface area contributed by atoms with Gasteiger partial charge in [0.25, 0.3) is 0 Å². The second-order valence-electron chi connectivity index (χ2n) is 13.4. The van der Waals surface area contributed by atoms with E-state index in [2.05, 4.69) is 48.5 Å². The summed E-state index contributed by atoms with van der Waals surface area (Å²) >= 11 is 0. The minimum atomic E-state index is -0.425. The Labute approximate surface area is 312 Å². The van der Waals surface area contributed by atoms with Crippen LogP contribution in [0.15, 0.2) is 186 Å². The largest absolute Gasteiger partial charge is 0.456 e. The molecule has 0 spiro atoms. The van der Waals surface area contributed by atoms with Crippen LogP contribution in [0.2, 0.25) is 0 Å². The second-order valence-corrected chi connectivity index (χ2v) is 13.4. The smallest absolute Gasteiger partial charge is 0.136 e. The van der Waals surface area contributed by atoms with Gasteiger partial charge in [0.05, 0.1) is 11.0 Å². The molecule has 0 aliphatic rings. The Bertz CT molecular complexity index is 3600. The zero-order valence-electron chi connectivity index (χ0n) is 35.8. The molecular formula is C51H32O. The summed E-state index contributed by atoms with van der Waals surface area (Å²) in [4.78, 5) is 0. The van der Waals surface area contributed by atoms with Gasteiger partial charge in [-0.25, -0.2) is 0 Å². The second kappa shape index (κ2) is 11.4. The average molecular weight is 669 g/mol. The van der Waals surface area contributed by atoms with Crippen LogP contribution < -0.4 is 0 Å². The van der Waals surface area contributed by atoms with Crippen LogP contribution in [0.5, 0.6) is 0 Å².